The number of anilines is 2. The highest BCUT2D eigenvalue weighted by Gasteiger charge is 2.29. The number of nitriles is 1. The van der Waals surface area contributed by atoms with E-state index in [1.807, 2.05) is 13.0 Å². The predicted molar refractivity (Wildman–Crippen MR) is 153 cm³/mol. The number of ketones is 1. The van der Waals surface area contributed by atoms with Crippen LogP contribution in [0.15, 0.2) is 89.0 Å². The number of carbonyl (C=O) groups is 3. The van der Waals surface area contributed by atoms with Gasteiger partial charge >= 0.3 is 6.03 Å². The monoisotopic (exact) mass is 541 g/mol. The Kier molecular flexibility index (Phi) is 8.66. The van der Waals surface area contributed by atoms with Gasteiger partial charge in [0, 0.05) is 47.3 Å². The summed E-state index contributed by atoms with van der Waals surface area (Å²) in [5.74, 6) is -1.25. The van der Waals surface area contributed by atoms with Crippen LogP contribution in [0, 0.1) is 11.3 Å². The number of carbonyl (C=O) groups excluding carboxylic acids is 3. The van der Waals surface area contributed by atoms with E-state index in [1.165, 1.54) is 11.1 Å². The fourth-order valence-corrected chi connectivity index (χ4v) is 4.79. The number of aromatic amines is 1. The van der Waals surface area contributed by atoms with Crippen LogP contribution in [0.2, 0.25) is 0 Å². The number of urea groups is 1. The number of H-pyrrole nitrogens is 1. The summed E-state index contributed by atoms with van der Waals surface area (Å²) < 4.78 is 9.08. The highest BCUT2D eigenvalue weighted by molar-refractivity contribution is 7.93. The number of nitrogens with one attached hydrogen (secondary N) is 3. The van der Waals surface area contributed by atoms with E-state index < -0.39 is 17.7 Å². The average Bonchev–Trinajstić information content (AvgIpc) is 3.41. The Morgan fingerprint density at radius 3 is 2.46 bits per heavy atom. The Bertz CT molecular complexity index is 1540. The molecule has 10 heteroatoms. The van der Waals surface area contributed by atoms with Crippen LogP contribution in [-0.2, 0) is 4.79 Å². The Labute approximate surface area is 230 Å². The SMILES string of the molecule is C=CC(=CC)C(C#N)=C1CCN(C(=O)C(=O)c2c[nH]c3c(NC(=O)Nc4ccc(SO)cc4)cccc23)CC1. The summed E-state index contributed by atoms with van der Waals surface area (Å²) >= 11 is 0.615. The van der Waals surface area contributed by atoms with Gasteiger partial charge < -0.3 is 25.1 Å². The van der Waals surface area contributed by atoms with Gasteiger partial charge in [0.25, 0.3) is 11.7 Å². The lowest BCUT2D eigenvalue weighted by Crippen LogP contribution is -2.40. The van der Waals surface area contributed by atoms with Crippen LogP contribution in [0.1, 0.15) is 30.1 Å². The smallest absolute Gasteiger partial charge is 0.323 e. The number of benzene rings is 2. The van der Waals surface area contributed by atoms with Crippen LogP contribution >= 0.6 is 12.0 Å². The van der Waals surface area contributed by atoms with E-state index in [1.54, 1.807) is 48.5 Å². The van der Waals surface area contributed by atoms with Crippen molar-refractivity contribution in [1.82, 2.24) is 9.88 Å². The van der Waals surface area contributed by atoms with Gasteiger partial charge in [-0.3, -0.25) is 9.59 Å². The molecule has 1 aliphatic rings. The van der Waals surface area contributed by atoms with E-state index in [4.69, 9.17) is 4.55 Å². The van der Waals surface area contributed by atoms with Gasteiger partial charge in [-0.25, -0.2) is 4.79 Å². The van der Waals surface area contributed by atoms with Crippen molar-refractivity contribution in [3.8, 4) is 6.07 Å². The maximum absolute atomic E-state index is 13.2. The molecular formula is C29H27N5O4S. The minimum atomic E-state index is -0.641. The number of nitrogens with zero attached hydrogens (tertiary/aromatic N) is 2. The van der Waals surface area contributed by atoms with Crippen molar-refractivity contribution < 1.29 is 18.9 Å². The van der Waals surface area contributed by atoms with Gasteiger partial charge in [0.1, 0.15) is 0 Å². The summed E-state index contributed by atoms with van der Waals surface area (Å²) in [5.41, 5.74) is 4.01. The molecule has 39 heavy (non-hydrogen) atoms. The standard InChI is InChI=1S/C29H27N5O4S/c1-3-18(4-2)23(16-30)19-12-14-34(15-13-19)28(36)27(35)24-17-31-26-22(24)6-5-7-25(26)33-29(37)32-20-8-10-21(39-38)11-9-20/h3-11,17,31,38H,1,12-15H2,2H3,(H2,32,33,37). The van der Waals surface area contributed by atoms with E-state index in [0.717, 1.165) is 11.1 Å². The van der Waals surface area contributed by atoms with Crippen LogP contribution < -0.4 is 10.6 Å². The maximum atomic E-state index is 13.2. The van der Waals surface area contributed by atoms with Crippen LogP contribution in [-0.4, -0.2) is 45.2 Å². The number of hydrogen-bond acceptors (Lipinski definition) is 6. The molecular weight excluding hydrogens is 514 g/mol. The van der Waals surface area contributed by atoms with E-state index in [2.05, 4.69) is 28.3 Å². The Morgan fingerprint density at radius 2 is 1.85 bits per heavy atom. The third-order valence-electron chi connectivity index (χ3n) is 6.56. The lowest BCUT2D eigenvalue weighted by molar-refractivity contribution is -0.126. The fourth-order valence-electron chi connectivity index (χ4n) is 4.53. The lowest BCUT2D eigenvalue weighted by Gasteiger charge is -2.28. The van der Waals surface area contributed by atoms with E-state index in [-0.39, 0.29) is 5.56 Å². The van der Waals surface area contributed by atoms with Crippen molar-refractivity contribution in [1.29, 1.82) is 5.26 Å². The zero-order valence-corrected chi connectivity index (χ0v) is 22.1. The molecule has 0 atom stereocenters. The molecule has 3 amide bonds. The molecule has 4 N–H and O–H groups in total. The van der Waals surface area contributed by atoms with Crippen LogP contribution in [0.3, 0.4) is 0 Å². The highest BCUT2D eigenvalue weighted by Crippen LogP contribution is 2.28. The molecule has 3 aromatic rings. The van der Waals surface area contributed by atoms with Crippen LogP contribution in [0.5, 0.6) is 0 Å². The van der Waals surface area contributed by atoms with Gasteiger partial charge in [-0.15, -0.1) is 0 Å². The first-order valence-electron chi connectivity index (χ1n) is 12.2. The van der Waals surface area contributed by atoms with Gasteiger partial charge in [0.2, 0.25) is 0 Å². The first-order valence-corrected chi connectivity index (χ1v) is 13.0. The van der Waals surface area contributed by atoms with Gasteiger partial charge in [0.05, 0.1) is 28.4 Å². The summed E-state index contributed by atoms with van der Waals surface area (Å²) in [7, 11) is 0. The number of rotatable bonds is 7. The second-order valence-corrected chi connectivity index (χ2v) is 9.44. The number of aromatic nitrogens is 1. The molecule has 0 aliphatic carbocycles. The minimum absolute atomic E-state index is 0.220. The first kappa shape index (κ1) is 27.4. The van der Waals surface area contributed by atoms with Gasteiger partial charge in [-0.2, -0.15) is 5.26 Å². The number of piperidine rings is 1. The zero-order chi connectivity index (χ0) is 27.9. The van der Waals surface area contributed by atoms with Crippen LogP contribution in [0.4, 0.5) is 16.2 Å². The first-order chi connectivity index (χ1) is 18.9. The third kappa shape index (κ3) is 5.95. The molecule has 198 valence electrons. The summed E-state index contributed by atoms with van der Waals surface area (Å²) in [4.78, 5) is 44.0. The molecule has 2 heterocycles. The predicted octanol–water partition coefficient (Wildman–Crippen LogP) is 6.13. The van der Waals surface area contributed by atoms with Gasteiger partial charge in [-0.05, 0) is 61.2 Å². The van der Waals surface area contributed by atoms with Crippen molar-refractivity contribution in [2.24, 2.45) is 0 Å². The van der Waals surface area contributed by atoms with Crippen molar-refractivity contribution >= 4 is 52.0 Å². The molecule has 0 bridgehead atoms. The van der Waals surface area contributed by atoms with Crippen molar-refractivity contribution in [2.75, 3.05) is 23.7 Å². The lowest BCUT2D eigenvalue weighted by atomic mass is 9.93. The number of likely N-dealkylation sites (tertiary alicyclic amines) is 1. The molecule has 0 spiro atoms. The summed E-state index contributed by atoms with van der Waals surface area (Å²) in [6.45, 7) is 6.29. The van der Waals surface area contributed by atoms with E-state index in [0.29, 0.717) is 70.7 Å². The number of fused-ring (bicyclic) bond motifs is 1. The number of hydrogen-bond donors (Lipinski definition) is 4. The number of Topliss-reactive ketones (excluding diaryl/α,β-unsaturated/α-hetero) is 1. The fraction of sp³-hybridized carbons (Fsp3) is 0.172. The number of amides is 3. The molecule has 1 aliphatic heterocycles. The average molecular weight is 542 g/mol. The highest BCUT2D eigenvalue weighted by atomic mass is 32.2. The van der Waals surface area contributed by atoms with E-state index in [9.17, 15) is 19.6 Å². The molecule has 9 nitrogen and oxygen atoms in total. The largest absolute Gasteiger partial charge is 0.359 e. The molecule has 1 fully saturated rings. The minimum Gasteiger partial charge on any atom is -0.359 e. The molecule has 1 aromatic heterocycles. The topological polar surface area (TPSA) is 138 Å². The van der Waals surface area contributed by atoms with E-state index >= 15 is 0 Å². The molecule has 0 saturated carbocycles. The normalized spacial score (nSPS) is 13.5. The van der Waals surface area contributed by atoms with Crippen molar-refractivity contribution in [3.05, 3.63) is 89.7 Å². The molecule has 1 saturated heterocycles. The quantitative estimate of drug-likeness (QED) is 0.0933. The Morgan fingerprint density at radius 1 is 1.13 bits per heavy atom. The van der Waals surface area contributed by atoms with Gasteiger partial charge in [-0.1, -0.05) is 30.9 Å². The Balaban J connectivity index is 1.46. The number of para-hydroxylation sites is 1. The molecule has 0 unspecified atom stereocenters. The summed E-state index contributed by atoms with van der Waals surface area (Å²) in [6.07, 6.45) is 5.96. The number of allylic oxidation sites excluding steroid dienone is 4. The van der Waals surface area contributed by atoms with Crippen LogP contribution in [0.25, 0.3) is 10.9 Å². The Hall–Kier alpha value is -4.59. The second-order valence-electron chi connectivity index (χ2n) is 8.79. The molecule has 2 aromatic carbocycles. The molecule has 0 radical (unpaired) electrons. The van der Waals surface area contributed by atoms with Gasteiger partial charge in [0.15, 0.2) is 0 Å². The van der Waals surface area contributed by atoms with Crippen molar-refractivity contribution in [2.45, 2.75) is 24.7 Å². The summed E-state index contributed by atoms with van der Waals surface area (Å²) in [5, 5.41) is 15.6. The maximum Gasteiger partial charge on any atom is 0.323 e. The van der Waals surface area contributed by atoms with Crippen molar-refractivity contribution in [3.63, 3.8) is 0 Å². The summed E-state index contributed by atoms with van der Waals surface area (Å²) in [6, 6.07) is 13.5. The second kappa shape index (κ2) is 12.3. The third-order valence-corrected chi connectivity index (χ3v) is 7.04. The zero-order valence-electron chi connectivity index (χ0n) is 21.3. The molecule has 4 rings (SSSR count).